The van der Waals surface area contributed by atoms with E-state index in [1.807, 2.05) is 35.7 Å². The topological polar surface area (TPSA) is 17.1 Å². The highest BCUT2D eigenvalue weighted by Gasteiger charge is 2.21. The lowest BCUT2D eigenvalue weighted by Gasteiger charge is -2.26. The molecule has 4 rings (SSSR count). The maximum Gasteiger partial charge on any atom is 0.194 e. The Balaban J connectivity index is 1.74. The number of benzene rings is 2. The summed E-state index contributed by atoms with van der Waals surface area (Å²) in [6, 6.07) is 16.3. The molecule has 0 saturated heterocycles. The molecule has 1 fully saturated rings. The Morgan fingerprint density at radius 3 is 2.71 bits per heavy atom. The van der Waals surface area contributed by atoms with Gasteiger partial charge in [0.2, 0.25) is 0 Å². The summed E-state index contributed by atoms with van der Waals surface area (Å²) in [4.78, 5) is 12.8. The highest BCUT2D eigenvalue weighted by molar-refractivity contribution is 7.17. The third-order valence-electron chi connectivity index (χ3n) is 4.45. The van der Waals surface area contributed by atoms with E-state index in [0.717, 1.165) is 16.5 Å². The Kier molecular flexibility index (Phi) is 3.12. The van der Waals surface area contributed by atoms with Crippen LogP contribution in [0.3, 0.4) is 0 Å². The van der Waals surface area contributed by atoms with E-state index in [4.69, 9.17) is 0 Å². The van der Waals surface area contributed by atoms with Crippen molar-refractivity contribution < 1.29 is 4.79 Å². The Labute approximate surface area is 128 Å². The molecule has 0 N–H and O–H groups in total. The van der Waals surface area contributed by atoms with Gasteiger partial charge in [-0.25, -0.2) is 0 Å². The lowest BCUT2D eigenvalue weighted by molar-refractivity contribution is 0.104. The van der Waals surface area contributed by atoms with Crippen molar-refractivity contribution in [1.82, 2.24) is 0 Å². The fraction of sp³-hybridized carbons (Fsp3) is 0.211. The molecule has 0 amide bonds. The molecule has 0 spiro atoms. The zero-order valence-corrected chi connectivity index (χ0v) is 12.5. The predicted molar refractivity (Wildman–Crippen MR) is 88.3 cm³/mol. The van der Waals surface area contributed by atoms with Crippen molar-refractivity contribution in [2.75, 3.05) is 0 Å². The second-order valence-corrected chi connectivity index (χ2v) is 6.64. The average molecular weight is 292 g/mol. The third kappa shape index (κ3) is 2.20. The van der Waals surface area contributed by atoms with Crippen LogP contribution in [0.25, 0.3) is 10.1 Å². The molecule has 1 saturated carbocycles. The number of thiophene rings is 1. The molecule has 0 bridgehead atoms. The van der Waals surface area contributed by atoms with Crippen LogP contribution in [-0.4, -0.2) is 5.78 Å². The second kappa shape index (κ2) is 5.12. The smallest absolute Gasteiger partial charge is 0.194 e. The van der Waals surface area contributed by atoms with Gasteiger partial charge in [0.05, 0.1) is 0 Å². The molecule has 0 radical (unpaired) electrons. The summed E-state index contributed by atoms with van der Waals surface area (Å²) in [5.41, 5.74) is 2.98. The average Bonchev–Trinajstić information content (AvgIpc) is 2.89. The minimum absolute atomic E-state index is 0.147. The van der Waals surface area contributed by atoms with E-state index >= 15 is 0 Å². The van der Waals surface area contributed by atoms with E-state index in [9.17, 15) is 4.79 Å². The summed E-state index contributed by atoms with van der Waals surface area (Å²) in [7, 11) is 0. The first kappa shape index (κ1) is 12.8. The van der Waals surface area contributed by atoms with Crippen molar-refractivity contribution in [3.05, 3.63) is 70.6 Å². The van der Waals surface area contributed by atoms with Gasteiger partial charge < -0.3 is 0 Å². The second-order valence-electron chi connectivity index (χ2n) is 5.73. The van der Waals surface area contributed by atoms with Gasteiger partial charge in [0.15, 0.2) is 5.78 Å². The van der Waals surface area contributed by atoms with E-state index < -0.39 is 0 Å². The van der Waals surface area contributed by atoms with Crippen LogP contribution in [0.1, 0.15) is 46.7 Å². The minimum atomic E-state index is 0.147. The first-order valence-electron chi connectivity index (χ1n) is 7.44. The van der Waals surface area contributed by atoms with Crippen molar-refractivity contribution >= 4 is 27.2 Å². The van der Waals surface area contributed by atoms with Gasteiger partial charge in [-0.05, 0) is 36.5 Å². The summed E-state index contributed by atoms with van der Waals surface area (Å²) in [6.07, 6.45) is 3.84. The molecule has 0 unspecified atom stereocenters. The lowest BCUT2D eigenvalue weighted by Crippen LogP contribution is -2.10. The number of ketones is 1. The van der Waals surface area contributed by atoms with E-state index in [2.05, 4.69) is 18.2 Å². The van der Waals surface area contributed by atoms with Gasteiger partial charge in [-0.3, -0.25) is 4.79 Å². The maximum absolute atomic E-state index is 12.8. The molecule has 2 heteroatoms. The van der Waals surface area contributed by atoms with Gasteiger partial charge in [-0.1, -0.05) is 42.8 Å². The van der Waals surface area contributed by atoms with Crippen molar-refractivity contribution in [2.24, 2.45) is 0 Å². The van der Waals surface area contributed by atoms with Crippen LogP contribution in [0.15, 0.2) is 53.9 Å². The quantitative estimate of drug-likeness (QED) is 0.591. The van der Waals surface area contributed by atoms with Gasteiger partial charge in [0.25, 0.3) is 0 Å². The van der Waals surface area contributed by atoms with Crippen LogP contribution in [0.2, 0.25) is 0 Å². The molecular weight excluding hydrogens is 276 g/mol. The molecule has 1 heterocycles. The lowest BCUT2D eigenvalue weighted by atomic mass is 9.79. The first-order chi connectivity index (χ1) is 10.3. The largest absolute Gasteiger partial charge is 0.289 e. The van der Waals surface area contributed by atoms with Crippen molar-refractivity contribution in [2.45, 2.75) is 25.2 Å². The Bertz CT molecular complexity index is 811. The highest BCUT2D eigenvalue weighted by Crippen LogP contribution is 2.37. The van der Waals surface area contributed by atoms with E-state index in [1.54, 1.807) is 11.3 Å². The van der Waals surface area contributed by atoms with Crippen LogP contribution in [0.4, 0.5) is 0 Å². The number of hydrogen-bond acceptors (Lipinski definition) is 2. The van der Waals surface area contributed by atoms with Crippen LogP contribution in [0, 0.1) is 0 Å². The van der Waals surface area contributed by atoms with E-state index in [1.165, 1.54) is 29.5 Å². The Morgan fingerprint density at radius 2 is 1.90 bits per heavy atom. The molecule has 1 aromatic heterocycles. The molecule has 0 aliphatic heterocycles. The van der Waals surface area contributed by atoms with E-state index in [-0.39, 0.29) is 5.78 Å². The van der Waals surface area contributed by atoms with Crippen LogP contribution < -0.4 is 0 Å². The van der Waals surface area contributed by atoms with E-state index in [0.29, 0.717) is 5.92 Å². The third-order valence-corrected chi connectivity index (χ3v) is 5.41. The summed E-state index contributed by atoms with van der Waals surface area (Å²) in [6.45, 7) is 0. The Morgan fingerprint density at radius 1 is 1.05 bits per heavy atom. The van der Waals surface area contributed by atoms with Crippen molar-refractivity contribution in [3.63, 3.8) is 0 Å². The number of rotatable bonds is 3. The fourth-order valence-electron chi connectivity index (χ4n) is 2.98. The standard InChI is InChI=1S/C19H16OS/c20-19(17-12-21-18-10-2-1-9-16(17)18)15-8-4-7-14(11-15)13-5-3-6-13/h1-2,4,7-13H,3,5-6H2. The van der Waals surface area contributed by atoms with Gasteiger partial charge in [-0.15, -0.1) is 11.3 Å². The van der Waals surface area contributed by atoms with Gasteiger partial charge >= 0.3 is 0 Å². The molecule has 1 nitrogen and oxygen atoms in total. The fourth-order valence-corrected chi connectivity index (χ4v) is 3.93. The molecule has 2 aromatic carbocycles. The molecule has 21 heavy (non-hydrogen) atoms. The SMILES string of the molecule is O=C(c1cccc(C2CCC2)c1)c1csc2ccccc12. The monoisotopic (exact) mass is 292 g/mol. The molecule has 1 aliphatic carbocycles. The number of fused-ring (bicyclic) bond motifs is 1. The summed E-state index contributed by atoms with van der Waals surface area (Å²) < 4.78 is 1.18. The number of hydrogen-bond donors (Lipinski definition) is 0. The van der Waals surface area contributed by atoms with Crippen LogP contribution in [0.5, 0.6) is 0 Å². The Hall–Kier alpha value is -1.93. The van der Waals surface area contributed by atoms with Gasteiger partial charge in [0.1, 0.15) is 0 Å². The molecular formula is C19H16OS. The zero-order chi connectivity index (χ0) is 14.2. The van der Waals surface area contributed by atoms with Crippen LogP contribution >= 0.6 is 11.3 Å². The summed E-state index contributed by atoms with van der Waals surface area (Å²) in [5.74, 6) is 0.811. The number of carbonyl (C=O) groups is 1. The summed E-state index contributed by atoms with van der Waals surface area (Å²) >= 11 is 1.64. The molecule has 1 aliphatic rings. The first-order valence-corrected chi connectivity index (χ1v) is 8.32. The zero-order valence-electron chi connectivity index (χ0n) is 11.7. The molecule has 104 valence electrons. The van der Waals surface area contributed by atoms with Gasteiger partial charge in [0, 0.05) is 26.6 Å². The highest BCUT2D eigenvalue weighted by atomic mass is 32.1. The van der Waals surface area contributed by atoms with Crippen molar-refractivity contribution in [1.29, 1.82) is 0 Å². The molecule has 0 atom stereocenters. The molecule has 3 aromatic rings. The van der Waals surface area contributed by atoms with Crippen molar-refractivity contribution in [3.8, 4) is 0 Å². The van der Waals surface area contributed by atoms with Gasteiger partial charge in [-0.2, -0.15) is 0 Å². The normalized spacial score (nSPS) is 15.0. The maximum atomic E-state index is 12.8. The van der Waals surface area contributed by atoms with Crippen LogP contribution in [-0.2, 0) is 0 Å². The minimum Gasteiger partial charge on any atom is -0.289 e. The number of carbonyl (C=O) groups excluding carboxylic acids is 1. The summed E-state index contributed by atoms with van der Waals surface area (Å²) in [5, 5.41) is 3.06. The predicted octanol–water partition coefficient (Wildman–Crippen LogP) is 5.40.